The third-order valence-corrected chi connectivity index (χ3v) is 8.49. The lowest BCUT2D eigenvalue weighted by Crippen LogP contribution is -2.48. The zero-order valence-corrected chi connectivity index (χ0v) is 22.7. The van der Waals surface area contributed by atoms with E-state index in [2.05, 4.69) is 20.8 Å². The van der Waals surface area contributed by atoms with Crippen LogP contribution in [0.3, 0.4) is 0 Å². The quantitative estimate of drug-likeness (QED) is 0.337. The summed E-state index contributed by atoms with van der Waals surface area (Å²) in [6.45, 7) is 9.34. The van der Waals surface area contributed by atoms with Crippen molar-refractivity contribution in [3.05, 3.63) is 47.3 Å². The Labute approximate surface area is 223 Å². The van der Waals surface area contributed by atoms with Crippen molar-refractivity contribution in [2.24, 2.45) is 5.92 Å². The molecule has 7 nitrogen and oxygen atoms in total. The van der Waals surface area contributed by atoms with E-state index in [0.29, 0.717) is 31.8 Å². The van der Waals surface area contributed by atoms with Crippen molar-refractivity contribution in [1.29, 1.82) is 0 Å². The number of hydrogen-bond acceptors (Lipinski definition) is 8. The fourth-order valence-electron chi connectivity index (χ4n) is 5.22. The highest BCUT2D eigenvalue weighted by Crippen LogP contribution is 2.40. The molecular formula is C28H38FN3O4S. The SMILES string of the molecule is CCOC(=O)CN1CCN(C/C=C2/CN(C(C(=O)C3CC3)c3ccccc3F)CCC2SC(C)=O)CC1. The van der Waals surface area contributed by atoms with E-state index in [1.165, 1.54) is 17.8 Å². The van der Waals surface area contributed by atoms with Crippen molar-refractivity contribution >= 4 is 28.6 Å². The molecule has 0 N–H and O–H groups in total. The standard InChI is InChI=1S/C28H38FN3O4S/c1-3-36-26(34)19-31-16-14-30(15-17-31)12-10-22-18-32(13-11-25(22)37-20(2)33)27(28(35)21-8-9-21)23-6-4-5-7-24(23)29/h4-7,10,21,25,27H,3,8-9,11-19H2,1-2H3/b22-10-. The van der Waals surface area contributed by atoms with Crippen molar-refractivity contribution in [3.8, 4) is 0 Å². The van der Waals surface area contributed by atoms with E-state index in [4.69, 9.17) is 4.74 Å². The lowest BCUT2D eigenvalue weighted by Gasteiger charge is -2.39. The number of ether oxygens (including phenoxy) is 1. The molecule has 0 spiro atoms. The number of nitrogens with zero attached hydrogens (tertiary/aromatic N) is 3. The highest BCUT2D eigenvalue weighted by molar-refractivity contribution is 8.14. The number of carbonyl (C=O) groups is 3. The van der Waals surface area contributed by atoms with Crippen LogP contribution in [0.15, 0.2) is 35.9 Å². The number of esters is 1. The Bertz CT molecular complexity index is 1010. The number of hydrogen-bond donors (Lipinski definition) is 0. The van der Waals surface area contributed by atoms with Crippen LogP contribution in [0.25, 0.3) is 0 Å². The Morgan fingerprint density at radius 2 is 1.78 bits per heavy atom. The monoisotopic (exact) mass is 531 g/mol. The highest BCUT2D eigenvalue weighted by atomic mass is 32.2. The van der Waals surface area contributed by atoms with Gasteiger partial charge in [-0.2, -0.15) is 0 Å². The minimum absolute atomic E-state index is 0.0206. The molecule has 2 saturated heterocycles. The Morgan fingerprint density at radius 3 is 2.43 bits per heavy atom. The maximum atomic E-state index is 14.8. The van der Waals surface area contributed by atoms with Crippen molar-refractivity contribution in [2.75, 3.05) is 59.0 Å². The van der Waals surface area contributed by atoms with Crippen molar-refractivity contribution in [2.45, 2.75) is 44.4 Å². The third-order valence-electron chi connectivity index (χ3n) is 7.33. The molecule has 2 aliphatic heterocycles. The smallest absolute Gasteiger partial charge is 0.320 e. The fourth-order valence-corrected chi connectivity index (χ4v) is 6.16. The van der Waals surface area contributed by atoms with Crippen molar-refractivity contribution in [3.63, 3.8) is 0 Å². The van der Waals surface area contributed by atoms with Gasteiger partial charge in [0.25, 0.3) is 0 Å². The van der Waals surface area contributed by atoms with Crippen LogP contribution < -0.4 is 0 Å². The first-order valence-electron chi connectivity index (χ1n) is 13.3. The summed E-state index contributed by atoms with van der Waals surface area (Å²) in [6, 6.07) is 6.02. The maximum absolute atomic E-state index is 14.8. The lowest BCUT2D eigenvalue weighted by molar-refractivity contribution is -0.144. The molecule has 3 fully saturated rings. The zero-order valence-electron chi connectivity index (χ0n) is 21.9. The Morgan fingerprint density at radius 1 is 1.08 bits per heavy atom. The normalized spacial score (nSPS) is 23.6. The van der Waals surface area contributed by atoms with Gasteiger partial charge in [-0.3, -0.25) is 29.1 Å². The molecule has 9 heteroatoms. The second-order valence-corrected chi connectivity index (χ2v) is 11.5. The van der Waals surface area contributed by atoms with Crippen LogP contribution in [-0.2, 0) is 19.1 Å². The number of piperazine rings is 1. The fraction of sp³-hybridized carbons (Fsp3) is 0.607. The van der Waals surface area contributed by atoms with Crippen LogP contribution in [0.2, 0.25) is 0 Å². The molecule has 0 bridgehead atoms. The summed E-state index contributed by atoms with van der Waals surface area (Å²) in [7, 11) is 0. The average molecular weight is 532 g/mol. The summed E-state index contributed by atoms with van der Waals surface area (Å²) in [6.07, 6.45) is 4.71. The van der Waals surface area contributed by atoms with Gasteiger partial charge in [0.15, 0.2) is 10.9 Å². The molecular weight excluding hydrogens is 493 g/mol. The van der Waals surface area contributed by atoms with Gasteiger partial charge in [-0.1, -0.05) is 36.0 Å². The van der Waals surface area contributed by atoms with Gasteiger partial charge < -0.3 is 4.74 Å². The van der Waals surface area contributed by atoms with Gasteiger partial charge in [0.1, 0.15) is 5.82 Å². The van der Waals surface area contributed by atoms with Gasteiger partial charge in [0.05, 0.1) is 19.2 Å². The van der Waals surface area contributed by atoms with Gasteiger partial charge in [-0.05, 0) is 37.8 Å². The van der Waals surface area contributed by atoms with E-state index in [1.807, 2.05) is 6.92 Å². The minimum atomic E-state index is -0.591. The summed E-state index contributed by atoms with van der Waals surface area (Å²) < 4.78 is 19.9. The van der Waals surface area contributed by atoms with Crippen molar-refractivity contribution < 1.29 is 23.5 Å². The Hall–Kier alpha value is -2.07. The first-order chi connectivity index (χ1) is 17.9. The molecule has 2 atom stereocenters. The predicted octanol–water partition coefficient (Wildman–Crippen LogP) is 3.31. The molecule has 202 valence electrons. The highest BCUT2D eigenvalue weighted by Gasteiger charge is 2.41. The average Bonchev–Trinajstić information content (AvgIpc) is 3.71. The molecule has 1 aromatic carbocycles. The number of Topliss-reactive ketones (excluding diaryl/α,β-unsaturated/α-hetero) is 1. The number of likely N-dealkylation sites (tertiary alicyclic amines) is 1. The lowest BCUT2D eigenvalue weighted by atomic mass is 9.93. The molecule has 2 heterocycles. The van der Waals surface area contributed by atoms with E-state index >= 15 is 0 Å². The van der Waals surface area contributed by atoms with E-state index in [0.717, 1.165) is 57.6 Å². The van der Waals surface area contributed by atoms with E-state index in [-0.39, 0.29) is 33.9 Å². The van der Waals surface area contributed by atoms with Crippen LogP contribution >= 0.6 is 11.8 Å². The Balaban J connectivity index is 1.45. The summed E-state index contributed by atoms with van der Waals surface area (Å²) in [5, 5.41) is 0.146. The number of benzene rings is 1. The van der Waals surface area contributed by atoms with Crippen molar-refractivity contribution in [1.82, 2.24) is 14.7 Å². The molecule has 3 aliphatic rings. The zero-order chi connectivity index (χ0) is 26.4. The van der Waals surface area contributed by atoms with Crippen LogP contribution in [0.1, 0.15) is 44.7 Å². The van der Waals surface area contributed by atoms with Crippen LogP contribution in [-0.4, -0.2) is 95.8 Å². The molecule has 0 aromatic heterocycles. The predicted molar refractivity (Wildman–Crippen MR) is 143 cm³/mol. The number of rotatable bonds is 10. The molecule has 2 unspecified atom stereocenters. The summed E-state index contributed by atoms with van der Waals surface area (Å²) in [4.78, 5) is 43.7. The number of carbonyl (C=O) groups excluding carboxylic acids is 3. The van der Waals surface area contributed by atoms with E-state index in [9.17, 15) is 18.8 Å². The number of halogens is 1. The first-order valence-corrected chi connectivity index (χ1v) is 14.2. The second-order valence-electron chi connectivity index (χ2n) is 10.1. The van der Waals surface area contributed by atoms with Gasteiger partial charge in [-0.25, -0.2) is 4.39 Å². The minimum Gasteiger partial charge on any atom is -0.465 e. The molecule has 1 aliphatic carbocycles. The molecule has 4 rings (SSSR count). The first kappa shape index (κ1) is 28.0. The number of piperidine rings is 1. The Kier molecular flexibility index (Phi) is 9.92. The molecule has 1 aromatic rings. The van der Waals surface area contributed by atoms with Gasteiger partial charge in [0.2, 0.25) is 0 Å². The largest absolute Gasteiger partial charge is 0.465 e. The van der Waals surface area contributed by atoms with E-state index in [1.54, 1.807) is 25.1 Å². The van der Waals surface area contributed by atoms with Gasteiger partial charge >= 0.3 is 5.97 Å². The molecule has 37 heavy (non-hydrogen) atoms. The number of thioether (sulfide) groups is 1. The summed E-state index contributed by atoms with van der Waals surface area (Å²) >= 11 is 1.35. The van der Waals surface area contributed by atoms with Gasteiger partial charge in [-0.15, -0.1) is 0 Å². The molecule has 0 radical (unpaired) electrons. The molecule has 1 saturated carbocycles. The van der Waals surface area contributed by atoms with Crippen LogP contribution in [0.5, 0.6) is 0 Å². The number of ketones is 1. The van der Waals surface area contributed by atoms with Crippen LogP contribution in [0, 0.1) is 11.7 Å². The van der Waals surface area contributed by atoms with E-state index < -0.39 is 6.04 Å². The van der Waals surface area contributed by atoms with Gasteiger partial charge in [0, 0.05) is 69.5 Å². The summed E-state index contributed by atoms with van der Waals surface area (Å²) in [5.74, 6) is -0.394. The summed E-state index contributed by atoms with van der Waals surface area (Å²) in [5.41, 5.74) is 1.58. The van der Waals surface area contributed by atoms with Crippen LogP contribution in [0.4, 0.5) is 4.39 Å². The molecule has 0 amide bonds. The topological polar surface area (TPSA) is 70.2 Å². The third kappa shape index (κ3) is 7.72. The second kappa shape index (κ2) is 13.1. The maximum Gasteiger partial charge on any atom is 0.320 e.